The Labute approximate surface area is 152 Å². The monoisotopic (exact) mass is 365 g/mol. The number of thiazole rings is 1. The number of amides is 2. The fourth-order valence-electron chi connectivity index (χ4n) is 2.62. The first kappa shape index (κ1) is 16.2. The van der Waals surface area contributed by atoms with Gasteiger partial charge < -0.3 is 10.6 Å². The van der Waals surface area contributed by atoms with Crippen molar-refractivity contribution in [3.8, 4) is 0 Å². The quantitative estimate of drug-likeness (QED) is 0.582. The van der Waals surface area contributed by atoms with Crippen LogP contribution in [0.3, 0.4) is 0 Å². The summed E-state index contributed by atoms with van der Waals surface area (Å²) in [5.41, 5.74) is 2.67. The molecule has 0 bridgehead atoms. The number of carbonyl (C=O) groups excluding carboxylic acids is 2. The summed E-state index contributed by atoms with van der Waals surface area (Å²) in [7, 11) is 0. The molecule has 7 nitrogen and oxygen atoms in total. The highest BCUT2D eigenvalue weighted by atomic mass is 32.1. The van der Waals surface area contributed by atoms with Crippen LogP contribution in [0.4, 0.5) is 5.69 Å². The second-order valence-electron chi connectivity index (χ2n) is 5.75. The third-order valence-electron chi connectivity index (χ3n) is 3.79. The number of aryl methyl sites for hydroxylation is 1. The molecule has 3 aromatic heterocycles. The Bertz CT molecular complexity index is 1100. The lowest BCUT2D eigenvalue weighted by Crippen LogP contribution is -2.33. The summed E-state index contributed by atoms with van der Waals surface area (Å²) in [5, 5.41) is 10.5. The smallest absolute Gasteiger partial charge is 0.272 e. The predicted molar refractivity (Wildman–Crippen MR) is 101 cm³/mol. The largest absolute Gasteiger partial charge is 0.342 e. The maximum Gasteiger partial charge on any atom is 0.272 e. The summed E-state index contributed by atoms with van der Waals surface area (Å²) in [5.74, 6) is -0.694. The molecular formula is C18H15N5O2S. The Balaban J connectivity index is 1.38. The second-order valence-corrected chi connectivity index (χ2v) is 6.98. The van der Waals surface area contributed by atoms with E-state index in [0.717, 1.165) is 20.7 Å². The summed E-state index contributed by atoms with van der Waals surface area (Å²) in [6, 6.07) is 12.8. The van der Waals surface area contributed by atoms with Gasteiger partial charge in [-0.2, -0.15) is 5.10 Å². The molecule has 0 unspecified atom stereocenters. The number of rotatable bonds is 4. The third-order valence-corrected chi connectivity index (χ3v) is 4.72. The number of nitrogens with zero attached hydrogens (tertiary/aromatic N) is 3. The summed E-state index contributed by atoms with van der Waals surface area (Å²) >= 11 is 1.57. The van der Waals surface area contributed by atoms with Crippen LogP contribution in [0.5, 0.6) is 0 Å². The number of benzene rings is 1. The number of hydrogen-bond donors (Lipinski definition) is 2. The maximum atomic E-state index is 12.2. The minimum atomic E-state index is -0.391. The third kappa shape index (κ3) is 3.27. The van der Waals surface area contributed by atoms with Crippen LogP contribution >= 0.6 is 11.3 Å². The van der Waals surface area contributed by atoms with E-state index in [1.54, 1.807) is 34.2 Å². The highest BCUT2D eigenvalue weighted by Crippen LogP contribution is 2.24. The zero-order valence-electron chi connectivity index (χ0n) is 13.9. The summed E-state index contributed by atoms with van der Waals surface area (Å²) in [6.07, 6.45) is 1.76. The number of anilines is 1. The van der Waals surface area contributed by atoms with Crippen molar-refractivity contribution in [2.75, 3.05) is 11.9 Å². The van der Waals surface area contributed by atoms with Crippen molar-refractivity contribution in [2.45, 2.75) is 6.92 Å². The predicted octanol–water partition coefficient (Wildman–Crippen LogP) is 2.62. The van der Waals surface area contributed by atoms with Crippen LogP contribution in [-0.2, 0) is 4.79 Å². The Hall–Kier alpha value is -3.26. The average molecular weight is 365 g/mol. The molecule has 3 heterocycles. The van der Waals surface area contributed by atoms with Crippen molar-refractivity contribution < 1.29 is 9.59 Å². The fourth-order valence-corrected chi connectivity index (χ4v) is 3.49. The molecular weight excluding hydrogens is 350 g/mol. The van der Waals surface area contributed by atoms with E-state index in [-0.39, 0.29) is 18.1 Å². The van der Waals surface area contributed by atoms with Gasteiger partial charge >= 0.3 is 0 Å². The zero-order valence-corrected chi connectivity index (χ0v) is 14.7. The van der Waals surface area contributed by atoms with Gasteiger partial charge in [0.1, 0.15) is 0 Å². The van der Waals surface area contributed by atoms with Gasteiger partial charge in [-0.1, -0.05) is 6.07 Å². The van der Waals surface area contributed by atoms with Gasteiger partial charge in [0, 0.05) is 11.9 Å². The van der Waals surface area contributed by atoms with Crippen molar-refractivity contribution in [3.05, 3.63) is 59.4 Å². The standard InChI is InChI=1S/C18H15N5O2S/c1-11-20-14-6-5-12(8-16(14)26-11)21-17(24)10-19-18(25)15-9-13-4-2-3-7-23(13)22-15/h2-9H,10H2,1H3,(H,19,25)(H,21,24). The van der Waals surface area contributed by atoms with Gasteiger partial charge in [-0.3, -0.25) is 9.59 Å². The van der Waals surface area contributed by atoms with E-state index in [2.05, 4.69) is 20.7 Å². The lowest BCUT2D eigenvalue weighted by Gasteiger charge is -2.06. The molecule has 0 radical (unpaired) electrons. The highest BCUT2D eigenvalue weighted by molar-refractivity contribution is 7.18. The van der Waals surface area contributed by atoms with Gasteiger partial charge in [-0.25, -0.2) is 9.50 Å². The maximum absolute atomic E-state index is 12.2. The van der Waals surface area contributed by atoms with Crippen molar-refractivity contribution in [1.29, 1.82) is 0 Å². The van der Waals surface area contributed by atoms with Gasteiger partial charge in [0.2, 0.25) is 5.91 Å². The van der Waals surface area contributed by atoms with Crippen LogP contribution in [0.2, 0.25) is 0 Å². The van der Waals surface area contributed by atoms with E-state index < -0.39 is 5.91 Å². The van der Waals surface area contributed by atoms with E-state index in [1.165, 1.54) is 0 Å². The molecule has 0 aliphatic rings. The molecule has 2 amide bonds. The number of pyridine rings is 1. The van der Waals surface area contributed by atoms with Gasteiger partial charge in [0.25, 0.3) is 5.91 Å². The number of hydrogen-bond acceptors (Lipinski definition) is 5. The van der Waals surface area contributed by atoms with E-state index in [0.29, 0.717) is 5.69 Å². The number of fused-ring (bicyclic) bond motifs is 2. The molecule has 0 saturated heterocycles. The molecule has 4 rings (SSSR count). The summed E-state index contributed by atoms with van der Waals surface area (Å²) in [4.78, 5) is 28.7. The lowest BCUT2D eigenvalue weighted by atomic mass is 10.3. The Kier molecular flexibility index (Phi) is 4.10. The van der Waals surface area contributed by atoms with Crippen LogP contribution in [0, 0.1) is 6.92 Å². The van der Waals surface area contributed by atoms with Gasteiger partial charge in [0.05, 0.1) is 27.3 Å². The first-order valence-electron chi connectivity index (χ1n) is 7.98. The number of nitrogens with one attached hydrogen (secondary N) is 2. The Morgan fingerprint density at radius 2 is 2.08 bits per heavy atom. The van der Waals surface area contributed by atoms with Crippen molar-refractivity contribution in [2.24, 2.45) is 0 Å². The van der Waals surface area contributed by atoms with Gasteiger partial charge in [0.15, 0.2) is 5.69 Å². The highest BCUT2D eigenvalue weighted by Gasteiger charge is 2.12. The molecule has 130 valence electrons. The molecule has 8 heteroatoms. The lowest BCUT2D eigenvalue weighted by molar-refractivity contribution is -0.115. The molecule has 26 heavy (non-hydrogen) atoms. The van der Waals surface area contributed by atoms with Crippen LogP contribution in [0.15, 0.2) is 48.7 Å². The zero-order chi connectivity index (χ0) is 18.1. The van der Waals surface area contributed by atoms with Crippen LogP contribution in [0.1, 0.15) is 15.5 Å². The summed E-state index contributed by atoms with van der Waals surface area (Å²) < 4.78 is 2.62. The van der Waals surface area contributed by atoms with Crippen molar-refractivity contribution in [3.63, 3.8) is 0 Å². The molecule has 0 aliphatic carbocycles. The second kappa shape index (κ2) is 6.57. The molecule has 0 atom stereocenters. The topological polar surface area (TPSA) is 88.4 Å². The number of aromatic nitrogens is 3. The van der Waals surface area contributed by atoms with Crippen molar-refractivity contribution >= 4 is 44.6 Å². The average Bonchev–Trinajstić information content (AvgIpc) is 3.21. The van der Waals surface area contributed by atoms with Crippen LogP contribution in [-0.4, -0.2) is 33.0 Å². The Morgan fingerprint density at radius 3 is 2.92 bits per heavy atom. The van der Waals surface area contributed by atoms with E-state index in [9.17, 15) is 9.59 Å². The first-order chi connectivity index (χ1) is 12.6. The minimum absolute atomic E-state index is 0.132. The molecule has 0 fully saturated rings. The van der Waals surface area contributed by atoms with E-state index >= 15 is 0 Å². The van der Waals surface area contributed by atoms with Gasteiger partial charge in [-0.15, -0.1) is 11.3 Å². The normalized spacial score (nSPS) is 11.0. The number of carbonyl (C=O) groups is 2. The molecule has 0 spiro atoms. The first-order valence-corrected chi connectivity index (χ1v) is 8.80. The minimum Gasteiger partial charge on any atom is -0.342 e. The molecule has 0 aliphatic heterocycles. The van der Waals surface area contributed by atoms with Gasteiger partial charge in [-0.05, 0) is 43.3 Å². The molecule has 2 N–H and O–H groups in total. The van der Waals surface area contributed by atoms with E-state index in [1.807, 2.05) is 37.3 Å². The fraction of sp³-hybridized carbons (Fsp3) is 0.111. The van der Waals surface area contributed by atoms with E-state index in [4.69, 9.17) is 0 Å². The molecule has 4 aromatic rings. The Morgan fingerprint density at radius 1 is 1.19 bits per heavy atom. The molecule has 0 saturated carbocycles. The van der Waals surface area contributed by atoms with Crippen LogP contribution < -0.4 is 10.6 Å². The SMILES string of the molecule is Cc1nc2ccc(NC(=O)CNC(=O)c3cc4ccccn4n3)cc2s1. The van der Waals surface area contributed by atoms with Crippen molar-refractivity contribution in [1.82, 2.24) is 19.9 Å². The summed E-state index contributed by atoms with van der Waals surface area (Å²) in [6.45, 7) is 1.81. The van der Waals surface area contributed by atoms with Crippen LogP contribution in [0.25, 0.3) is 15.7 Å². The molecule has 1 aromatic carbocycles.